The van der Waals surface area contributed by atoms with Crippen molar-refractivity contribution < 1.29 is 0 Å². The van der Waals surface area contributed by atoms with Crippen molar-refractivity contribution in [2.75, 3.05) is 0 Å². The van der Waals surface area contributed by atoms with Gasteiger partial charge in [0.15, 0.2) is 11.2 Å². The van der Waals surface area contributed by atoms with Crippen LogP contribution in [0, 0.1) is 0 Å². The molecular formula is C24H23N5O2. The Bertz CT molecular complexity index is 1500. The minimum absolute atomic E-state index is 0.341. The van der Waals surface area contributed by atoms with Crippen LogP contribution in [0.1, 0.15) is 12.0 Å². The summed E-state index contributed by atoms with van der Waals surface area (Å²) in [5.41, 5.74) is 3.44. The number of imidazole rings is 2. The highest BCUT2D eigenvalue weighted by molar-refractivity contribution is 5.78. The average molecular weight is 413 g/mol. The summed E-state index contributed by atoms with van der Waals surface area (Å²) in [4.78, 5) is 30.0. The van der Waals surface area contributed by atoms with E-state index in [2.05, 4.69) is 41.0 Å². The van der Waals surface area contributed by atoms with Gasteiger partial charge >= 0.3 is 5.69 Å². The Balaban J connectivity index is 1.68. The van der Waals surface area contributed by atoms with E-state index >= 15 is 0 Å². The standard InChI is InChI=1S/C24H23N5O2/c1-26-21-20(22(30)27(2)24(26)31)29-16-19(18-13-7-4-8-14-18)28(23(29)25-21)15-9-12-17-10-5-3-6-11-17/h3-8,10-11,13-14,16H,9,12,15H2,1-2H3. The van der Waals surface area contributed by atoms with E-state index in [0.29, 0.717) is 16.9 Å². The van der Waals surface area contributed by atoms with Gasteiger partial charge in [-0.25, -0.2) is 4.79 Å². The maximum atomic E-state index is 12.9. The molecule has 0 aliphatic carbocycles. The zero-order valence-electron chi connectivity index (χ0n) is 17.5. The molecule has 0 saturated carbocycles. The number of aryl methyl sites for hydroxylation is 3. The van der Waals surface area contributed by atoms with Gasteiger partial charge in [-0.3, -0.25) is 18.3 Å². The molecule has 7 heteroatoms. The van der Waals surface area contributed by atoms with E-state index in [-0.39, 0.29) is 11.2 Å². The van der Waals surface area contributed by atoms with Crippen molar-refractivity contribution in [3.05, 3.63) is 93.3 Å². The second-order valence-corrected chi connectivity index (χ2v) is 7.78. The lowest BCUT2D eigenvalue weighted by molar-refractivity contribution is 0.659. The Labute approximate surface area is 178 Å². The van der Waals surface area contributed by atoms with E-state index in [9.17, 15) is 9.59 Å². The molecule has 0 saturated heterocycles. The smallest absolute Gasteiger partial charge is 0.310 e. The predicted molar refractivity (Wildman–Crippen MR) is 121 cm³/mol. The summed E-state index contributed by atoms with van der Waals surface area (Å²) in [5.74, 6) is 0.667. The zero-order valence-corrected chi connectivity index (χ0v) is 17.5. The molecule has 7 nitrogen and oxygen atoms in total. The van der Waals surface area contributed by atoms with Gasteiger partial charge in [-0.1, -0.05) is 60.7 Å². The lowest BCUT2D eigenvalue weighted by atomic mass is 10.1. The molecule has 2 aromatic carbocycles. The van der Waals surface area contributed by atoms with Crippen molar-refractivity contribution in [1.29, 1.82) is 0 Å². The van der Waals surface area contributed by atoms with E-state index in [0.717, 1.165) is 35.2 Å². The van der Waals surface area contributed by atoms with Crippen LogP contribution in [0.5, 0.6) is 0 Å². The minimum atomic E-state index is -0.378. The number of benzene rings is 2. The Morgan fingerprint density at radius 1 is 0.871 bits per heavy atom. The number of hydrogen-bond acceptors (Lipinski definition) is 3. The maximum Gasteiger partial charge on any atom is 0.332 e. The van der Waals surface area contributed by atoms with E-state index in [1.807, 2.05) is 34.9 Å². The van der Waals surface area contributed by atoms with Crippen LogP contribution in [0.15, 0.2) is 76.4 Å². The van der Waals surface area contributed by atoms with Crippen LogP contribution >= 0.6 is 0 Å². The Kier molecular flexibility index (Phi) is 4.58. The number of nitrogens with zero attached hydrogens (tertiary/aromatic N) is 5. The van der Waals surface area contributed by atoms with Crippen LogP contribution in [-0.4, -0.2) is 23.1 Å². The first-order chi connectivity index (χ1) is 15.1. The first-order valence-electron chi connectivity index (χ1n) is 10.3. The highest BCUT2D eigenvalue weighted by Crippen LogP contribution is 2.25. The SMILES string of the molecule is Cn1c(=O)c2c(nc3n(CCCc4ccccc4)c(-c4ccccc4)cn23)n(C)c1=O. The molecule has 5 rings (SSSR count). The monoisotopic (exact) mass is 413 g/mol. The summed E-state index contributed by atoms with van der Waals surface area (Å²) < 4.78 is 6.52. The molecule has 5 aromatic rings. The van der Waals surface area contributed by atoms with Gasteiger partial charge in [0.1, 0.15) is 0 Å². The van der Waals surface area contributed by atoms with Gasteiger partial charge in [-0.2, -0.15) is 4.98 Å². The Hall–Kier alpha value is -3.87. The summed E-state index contributed by atoms with van der Waals surface area (Å²) in [7, 11) is 3.15. The molecule has 31 heavy (non-hydrogen) atoms. The van der Waals surface area contributed by atoms with Crippen LogP contribution in [0.25, 0.3) is 28.2 Å². The number of rotatable bonds is 5. The van der Waals surface area contributed by atoms with Crippen molar-refractivity contribution in [1.82, 2.24) is 23.1 Å². The van der Waals surface area contributed by atoms with Gasteiger partial charge in [0.2, 0.25) is 5.78 Å². The fourth-order valence-corrected chi connectivity index (χ4v) is 4.16. The van der Waals surface area contributed by atoms with Gasteiger partial charge < -0.3 is 4.57 Å². The fourth-order valence-electron chi connectivity index (χ4n) is 4.16. The van der Waals surface area contributed by atoms with E-state index in [4.69, 9.17) is 4.98 Å². The molecule has 156 valence electrons. The van der Waals surface area contributed by atoms with Crippen molar-refractivity contribution in [3.8, 4) is 11.3 Å². The van der Waals surface area contributed by atoms with E-state index in [1.54, 1.807) is 7.05 Å². The first kappa shape index (κ1) is 19.1. The molecule has 0 bridgehead atoms. The highest BCUT2D eigenvalue weighted by Gasteiger charge is 2.20. The third-order valence-electron chi connectivity index (χ3n) is 5.82. The summed E-state index contributed by atoms with van der Waals surface area (Å²) >= 11 is 0. The molecule has 0 unspecified atom stereocenters. The lowest BCUT2D eigenvalue weighted by Crippen LogP contribution is -2.37. The third-order valence-corrected chi connectivity index (χ3v) is 5.82. The fraction of sp³-hybridized carbons (Fsp3) is 0.208. The first-order valence-corrected chi connectivity index (χ1v) is 10.3. The summed E-state index contributed by atoms with van der Waals surface area (Å²) in [6, 6.07) is 20.5. The highest BCUT2D eigenvalue weighted by atomic mass is 16.2. The molecule has 0 amide bonds. The lowest BCUT2D eigenvalue weighted by Gasteiger charge is -2.09. The van der Waals surface area contributed by atoms with Crippen LogP contribution in [-0.2, 0) is 27.1 Å². The number of hydrogen-bond donors (Lipinski definition) is 0. The van der Waals surface area contributed by atoms with Gasteiger partial charge in [0.25, 0.3) is 5.56 Å². The van der Waals surface area contributed by atoms with Gasteiger partial charge in [-0.15, -0.1) is 0 Å². The molecule has 0 aliphatic heterocycles. The molecule has 0 spiro atoms. The zero-order chi connectivity index (χ0) is 21.5. The van der Waals surface area contributed by atoms with Crippen LogP contribution in [0.3, 0.4) is 0 Å². The predicted octanol–water partition coefficient (Wildman–Crippen LogP) is 2.99. The van der Waals surface area contributed by atoms with Crippen molar-refractivity contribution in [2.24, 2.45) is 14.1 Å². The van der Waals surface area contributed by atoms with Crippen molar-refractivity contribution in [2.45, 2.75) is 19.4 Å². The van der Waals surface area contributed by atoms with Crippen LogP contribution in [0.2, 0.25) is 0 Å². The molecule has 3 heterocycles. The molecule has 0 fully saturated rings. The molecule has 0 aliphatic rings. The quantitative estimate of drug-likeness (QED) is 0.445. The van der Waals surface area contributed by atoms with Gasteiger partial charge in [0.05, 0.1) is 5.69 Å². The summed E-state index contributed by atoms with van der Waals surface area (Å²) in [5, 5.41) is 0. The van der Waals surface area contributed by atoms with Crippen LogP contribution < -0.4 is 11.2 Å². The largest absolute Gasteiger partial charge is 0.332 e. The molecule has 0 radical (unpaired) electrons. The summed E-state index contributed by atoms with van der Waals surface area (Å²) in [6.45, 7) is 0.743. The van der Waals surface area contributed by atoms with Crippen molar-refractivity contribution in [3.63, 3.8) is 0 Å². The van der Waals surface area contributed by atoms with Crippen molar-refractivity contribution >= 4 is 16.9 Å². The second-order valence-electron chi connectivity index (χ2n) is 7.78. The van der Waals surface area contributed by atoms with Gasteiger partial charge in [-0.05, 0) is 24.0 Å². The summed E-state index contributed by atoms with van der Waals surface area (Å²) in [6.07, 6.45) is 3.82. The number of fused-ring (bicyclic) bond motifs is 3. The Morgan fingerprint density at radius 3 is 2.26 bits per heavy atom. The van der Waals surface area contributed by atoms with Gasteiger partial charge in [0, 0.05) is 26.8 Å². The molecule has 0 atom stereocenters. The topological polar surface area (TPSA) is 66.2 Å². The normalized spacial score (nSPS) is 11.5. The number of aromatic nitrogens is 5. The maximum absolute atomic E-state index is 12.9. The van der Waals surface area contributed by atoms with E-state index in [1.165, 1.54) is 17.2 Å². The third kappa shape index (κ3) is 3.09. The molecular weight excluding hydrogens is 390 g/mol. The van der Waals surface area contributed by atoms with Crippen LogP contribution in [0.4, 0.5) is 0 Å². The average Bonchev–Trinajstić information content (AvgIpc) is 3.34. The minimum Gasteiger partial charge on any atom is -0.310 e. The second kappa shape index (κ2) is 7.43. The molecule has 0 N–H and O–H groups in total. The Morgan fingerprint density at radius 2 is 1.55 bits per heavy atom. The van der Waals surface area contributed by atoms with E-state index < -0.39 is 0 Å². The molecule has 3 aromatic heterocycles.